The Morgan fingerprint density at radius 3 is 2.44 bits per heavy atom. The Morgan fingerprint density at radius 1 is 1.44 bits per heavy atom. The van der Waals surface area contributed by atoms with Gasteiger partial charge in [-0.25, -0.2) is 4.89 Å². The molecule has 0 saturated carbocycles. The van der Waals surface area contributed by atoms with Crippen LogP contribution in [0, 0.1) is 0 Å². The van der Waals surface area contributed by atoms with Gasteiger partial charge in [0.25, 0.3) is 0 Å². The van der Waals surface area contributed by atoms with Crippen LogP contribution in [0.1, 0.15) is 39.5 Å². The number of rotatable bonds is 5. The Hall–Kier alpha value is -0.0800. The fourth-order valence-electron chi connectivity index (χ4n) is 0.763. The first-order valence-corrected chi connectivity index (χ1v) is 3.65. The highest BCUT2D eigenvalue weighted by molar-refractivity contribution is 4.51. The minimum Gasteiger partial charge on any atom is -0.252 e. The molecule has 0 radical (unpaired) electrons. The van der Waals surface area contributed by atoms with Crippen molar-refractivity contribution in [3.05, 3.63) is 0 Å². The van der Waals surface area contributed by atoms with Crippen LogP contribution in [0.3, 0.4) is 0 Å². The van der Waals surface area contributed by atoms with Crippen LogP contribution in [0.2, 0.25) is 0 Å². The van der Waals surface area contributed by atoms with Gasteiger partial charge in [0.1, 0.15) is 0 Å². The van der Waals surface area contributed by atoms with Crippen molar-refractivity contribution in [1.29, 1.82) is 0 Å². The van der Waals surface area contributed by atoms with E-state index in [4.69, 9.17) is 5.26 Å². The van der Waals surface area contributed by atoms with Crippen LogP contribution in [0.5, 0.6) is 0 Å². The van der Waals surface area contributed by atoms with Crippen LogP contribution >= 0.6 is 0 Å². The van der Waals surface area contributed by atoms with E-state index in [1.165, 1.54) is 6.42 Å². The molecule has 0 amide bonds. The van der Waals surface area contributed by atoms with E-state index in [-0.39, 0.29) is 6.10 Å². The van der Waals surface area contributed by atoms with Gasteiger partial charge in [-0.3, -0.25) is 5.26 Å². The average molecular weight is 132 g/mol. The second kappa shape index (κ2) is 6.05. The molecule has 0 aliphatic rings. The minimum atomic E-state index is 0.0601. The van der Waals surface area contributed by atoms with E-state index in [0.717, 1.165) is 19.3 Å². The molecule has 0 aliphatic carbocycles. The second-order valence-electron chi connectivity index (χ2n) is 2.28. The summed E-state index contributed by atoms with van der Waals surface area (Å²) in [5, 5.41) is 8.25. The molecule has 0 saturated heterocycles. The molecule has 1 unspecified atom stereocenters. The first-order chi connectivity index (χ1) is 4.35. The van der Waals surface area contributed by atoms with Crippen LogP contribution in [-0.4, -0.2) is 11.4 Å². The van der Waals surface area contributed by atoms with E-state index < -0.39 is 0 Å². The molecule has 0 rings (SSSR count). The van der Waals surface area contributed by atoms with Crippen molar-refractivity contribution >= 4 is 0 Å². The standard InChI is InChI=1S/C7H16O2/c1-3-5-6-7(4-2)9-8/h7-8H,3-6H2,1-2H3. The molecule has 0 heterocycles. The summed E-state index contributed by atoms with van der Waals surface area (Å²) in [7, 11) is 0. The Balaban J connectivity index is 3.09. The number of unbranched alkanes of at least 4 members (excludes halogenated alkanes) is 1. The molecular weight excluding hydrogens is 116 g/mol. The summed E-state index contributed by atoms with van der Waals surface area (Å²) in [5.41, 5.74) is 0. The predicted octanol–water partition coefficient (Wildman–Crippen LogP) is 2.44. The van der Waals surface area contributed by atoms with Gasteiger partial charge in [-0.1, -0.05) is 26.7 Å². The highest BCUT2D eigenvalue weighted by Crippen LogP contribution is 2.06. The lowest BCUT2D eigenvalue weighted by Gasteiger charge is -2.08. The van der Waals surface area contributed by atoms with Crippen molar-refractivity contribution < 1.29 is 10.1 Å². The lowest BCUT2D eigenvalue weighted by Crippen LogP contribution is -2.08. The summed E-state index contributed by atoms with van der Waals surface area (Å²) in [5.74, 6) is 0. The first kappa shape index (κ1) is 8.92. The number of hydrogen-bond acceptors (Lipinski definition) is 2. The molecule has 56 valence electrons. The summed E-state index contributed by atoms with van der Waals surface area (Å²) < 4.78 is 0. The van der Waals surface area contributed by atoms with Crippen molar-refractivity contribution in [3.63, 3.8) is 0 Å². The molecule has 0 aromatic heterocycles. The number of hydrogen-bond donors (Lipinski definition) is 1. The lowest BCUT2D eigenvalue weighted by molar-refractivity contribution is -0.280. The third-order valence-corrected chi connectivity index (χ3v) is 1.48. The fourth-order valence-corrected chi connectivity index (χ4v) is 0.763. The predicted molar refractivity (Wildman–Crippen MR) is 37.3 cm³/mol. The van der Waals surface area contributed by atoms with E-state index >= 15 is 0 Å². The van der Waals surface area contributed by atoms with E-state index in [1.807, 2.05) is 6.92 Å². The van der Waals surface area contributed by atoms with Crippen LogP contribution in [-0.2, 0) is 4.89 Å². The van der Waals surface area contributed by atoms with Gasteiger partial charge < -0.3 is 0 Å². The van der Waals surface area contributed by atoms with E-state index in [2.05, 4.69) is 11.8 Å². The molecule has 2 nitrogen and oxygen atoms in total. The zero-order valence-electron chi connectivity index (χ0n) is 6.26. The van der Waals surface area contributed by atoms with E-state index in [9.17, 15) is 0 Å². The Labute approximate surface area is 56.8 Å². The molecule has 2 heteroatoms. The molecular formula is C7H16O2. The van der Waals surface area contributed by atoms with Gasteiger partial charge >= 0.3 is 0 Å². The Bertz CT molecular complexity index is 50.9. The maximum Gasteiger partial charge on any atom is 0.0924 e. The van der Waals surface area contributed by atoms with Crippen molar-refractivity contribution in [1.82, 2.24) is 0 Å². The topological polar surface area (TPSA) is 29.5 Å². The zero-order valence-corrected chi connectivity index (χ0v) is 6.26. The third kappa shape index (κ3) is 4.43. The van der Waals surface area contributed by atoms with Crippen molar-refractivity contribution in [2.24, 2.45) is 0 Å². The maximum absolute atomic E-state index is 8.25. The first-order valence-electron chi connectivity index (χ1n) is 3.65. The molecule has 0 aromatic rings. The van der Waals surface area contributed by atoms with Gasteiger partial charge in [0.05, 0.1) is 6.10 Å². The SMILES string of the molecule is CCCCC(CC)OO. The lowest BCUT2D eigenvalue weighted by atomic mass is 10.1. The monoisotopic (exact) mass is 132 g/mol. The summed E-state index contributed by atoms with van der Waals surface area (Å²) in [6, 6.07) is 0. The van der Waals surface area contributed by atoms with Crippen LogP contribution in [0.25, 0.3) is 0 Å². The maximum atomic E-state index is 8.25. The van der Waals surface area contributed by atoms with Crippen LogP contribution in [0.15, 0.2) is 0 Å². The molecule has 0 bridgehead atoms. The molecule has 0 spiro atoms. The average Bonchev–Trinajstić information content (AvgIpc) is 1.91. The smallest absolute Gasteiger partial charge is 0.0924 e. The van der Waals surface area contributed by atoms with Gasteiger partial charge in [-0.2, -0.15) is 0 Å². The van der Waals surface area contributed by atoms with Gasteiger partial charge in [0.15, 0.2) is 0 Å². The second-order valence-corrected chi connectivity index (χ2v) is 2.28. The van der Waals surface area contributed by atoms with Gasteiger partial charge in [-0.15, -0.1) is 0 Å². The summed E-state index contributed by atoms with van der Waals surface area (Å²) in [6.07, 6.45) is 4.24. The van der Waals surface area contributed by atoms with Crippen molar-refractivity contribution in [2.45, 2.75) is 45.6 Å². The van der Waals surface area contributed by atoms with Gasteiger partial charge in [0, 0.05) is 0 Å². The van der Waals surface area contributed by atoms with Crippen molar-refractivity contribution in [2.75, 3.05) is 0 Å². The van der Waals surface area contributed by atoms with Gasteiger partial charge in [0.2, 0.25) is 0 Å². The molecule has 1 atom stereocenters. The van der Waals surface area contributed by atoms with E-state index in [1.54, 1.807) is 0 Å². The molecule has 1 N–H and O–H groups in total. The normalized spacial score (nSPS) is 13.7. The quantitative estimate of drug-likeness (QED) is 0.460. The molecule has 9 heavy (non-hydrogen) atoms. The minimum absolute atomic E-state index is 0.0601. The molecule has 0 fully saturated rings. The van der Waals surface area contributed by atoms with Crippen LogP contribution < -0.4 is 0 Å². The Morgan fingerprint density at radius 2 is 2.11 bits per heavy atom. The fraction of sp³-hybridized carbons (Fsp3) is 1.00. The highest BCUT2D eigenvalue weighted by Gasteiger charge is 2.02. The molecule has 0 aliphatic heterocycles. The summed E-state index contributed by atoms with van der Waals surface area (Å²) in [4.78, 5) is 4.20. The van der Waals surface area contributed by atoms with Gasteiger partial charge in [-0.05, 0) is 12.8 Å². The summed E-state index contributed by atoms with van der Waals surface area (Å²) >= 11 is 0. The zero-order chi connectivity index (χ0) is 7.11. The Kier molecular flexibility index (Phi) is 5.99. The molecule has 0 aromatic carbocycles. The van der Waals surface area contributed by atoms with Crippen molar-refractivity contribution in [3.8, 4) is 0 Å². The summed E-state index contributed by atoms with van der Waals surface area (Å²) in [6.45, 7) is 4.14. The highest BCUT2D eigenvalue weighted by atomic mass is 17.1. The largest absolute Gasteiger partial charge is 0.252 e. The van der Waals surface area contributed by atoms with Crippen LogP contribution in [0.4, 0.5) is 0 Å². The van der Waals surface area contributed by atoms with E-state index in [0.29, 0.717) is 0 Å². The third-order valence-electron chi connectivity index (χ3n) is 1.48.